The van der Waals surface area contributed by atoms with E-state index in [9.17, 15) is 19.1 Å². The molecular weight excluding hydrogens is 501 g/mol. The molecule has 0 fully saturated rings. The van der Waals surface area contributed by atoms with Crippen molar-refractivity contribution in [3.05, 3.63) is 77.6 Å². The number of aromatic carboxylic acids is 1. The number of benzene rings is 3. The lowest BCUT2D eigenvalue weighted by Crippen LogP contribution is -2.67. The Morgan fingerprint density at radius 1 is 0.850 bits per heavy atom. The van der Waals surface area contributed by atoms with E-state index in [0.717, 1.165) is 17.7 Å². The zero-order valence-electron chi connectivity index (χ0n) is 23.3. The van der Waals surface area contributed by atoms with Crippen molar-refractivity contribution < 1.29 is 19.1 Å². The molecule has 40 heavy (non-hydrogen) atoms. The van der Waals surface area contributed by atoms with Crippen molar-refractivity contribution in [1.29, 1.82) is 0 Å². The topological polar surface area (TPSA) is 81.7 Å². The van der Waals surface area contributed by atoms with Crippen LogP contribution in [0.2, 0.25) is 0 Å². The summed E-state index contributed by atoms with van der Waals surface area (Å²) in [6.45, 7) is 9.15. The first kappa shape index (κ1) is 30.9. The summed E-state index contributed by atoms with van der Waals surface area (Å²) >= 11 is 0. The van der Waals surface area contributed by atoms with E-state index >= 15 is 0 Å². The molecule has 0 aliphatic rings. The third kappa shape index (κ3) is 6.57. The number of nitrogens with one attached hydrogen (secondary N) is 2. The number of hydrogen-bond donors (Lipinski definition) is 3. The molecule has 6 nitrogen and oxygen atoms in total. The molecule has 0 saturated carbocycles. The number of carboxylic acid groups (broad SMARTS) is 1. The van der Waals surface area contributed by atoms with Crippen molar-refractivity contribution in [2.24, 2.45) is 11.8 Å². The maximum Gasteiger partial charge on any atom is 0.336 e. The molecule has 3 aromatic rings. The van der Waals surface area contributed by atoms with Gasteiger partial charge >= 0.3 is 12.0 Å². The predicted molar refractivity (Wildman–Crippen MR) is 163 cm³/mol. The summed E-state index contributed by atoms with van der Waals surface area (Å²) in [5, 5.41) is 12.1. The number of amides is 2. The van der Waals surface area contributed by atoms with Crippen LogP contribution in [-0.2, 0) is 0 Å². The predicted octanol–water partition coefficient (Wildman–Crippen LogP) is 5.24. The quantitative estimate of drug-likeness (QED) is 0.330. The van der Waals surface area contributed by atoms with Gasteiger partial charge in [-0.05, 0) is 83.0 Å². The van der Waals surface area contributed by atoms with E-state index in [1.807, 2.05) is 19.1 Å². The molecule has 0 heterocycles. The largest absolute Gasteiger partial charge is 0.478 e. The first-order chi connectivity index (χ1) is 18.5. The van der Waals surface area contributed by atoms with Crippen LogP contribution in [0.1, 0.15) is 43.6 Å². The minimum absolute atomic E-state index is 0.110. The first-order valence-electron chi connectivity index (χ1n) is 12.8. The summed E-state index contributed by atoms with van der Waals surface area (Å²) in [6, 6.07) is 14.6. The van der Waals surface area contributed by atoms with E-state index < -0.39 is 28.5 Å². The monoisotopic (exact) mass is 531 g/mol. The summed E-state index contributed by atoms with van der Waals surface area (Å²) in [5.41, 5.74) is 2.33. The van der Waals surface area contributed by atoms with Crippen LogP contribution in [-0.4, -0.2) is 59.2 Å². The molecule has 3 N–H and O–H groups in total. The average Bonchev–Trinajstić information content (AvgIpc) is 2.85. The summed E-state index contributed by atoms with van der Waals surface area (Å²) in [6.07, 6.45) is 0. The van der Waals surface area contributed by atoms with Crippen LogP contribution in [0.5, 0.6) is 0 Å². The van der Waals surface area contributed by atoms with Gasteiger partial charge in [-0.25, -0.2) is 14.0 Å². The second-order valence-corrected chi connectivity index (χ2v) is 10.6. The minimum Gasteiger partial charge on any atom is -0.478 e. The highest BCUT2D eigenvalue weighted by Gasteiger charge is 2.40. The highest BCUT2D eigenvalue weighted by Crippen LogP contribution is 2.41. The third-order valence-electron chi connectivity index (χ3n) is 6.94. The van der Waals surface area contributed by atoms with Gasteiger partial charge in [0.15, 0.2) is 0 Å². The van der Waals surface area contributed by atoms with E-state index in [0.29, 0.717) is 11.3 Å². The van der Waals surface area contributed by atoms with Crippen LogP contribution in [0, 0.1) is 24.6 Å². The fourth-order valence-corrected chi connectivity index (χ4v) is 4.13. The average molecular weight is 531 g/mol. The van der Waals surface area contributed by atoms with Crippen molar-refractivity contribution >= 4 is 60.4 Å². The Morgan fingerprint density at radius 3 is 1.95 bits per heavy atom. The lowest BCUT2D eigenvalue weighted by atomic mass is 9.46. The molecule has 0 aromatic heterocycles. The highest BCUT2D eigenvalue weighted by molar-refractivity contribution is 6.47. The maximum absolute atomic E-state index is 14.2. The minimum atomic E-state index is -1.58. The number of urea groups is 1. The molecule has 8 radical (unpaired) electrons. The number of carboxylic acids is 1. The van der Waals surface area contributed by atoms with Gasteiger partial charge in [0.05, 0.1) is 48.3 Å². The molecule has 2 amide bonds. The van der Waals surface area contributed by atoms with Gasteiger partial charge in [0.25, 0.3) is 0 Å². The van der Waals surface area contributed by atoms with Crippen LogP contribution >= 0.6 is 0 Å². The Balaban J connectivity index is 2.24. The van der Waals surface area contributed by atoms with Gasteiger partial charge in [0.2, 0.25) is 0 Å². The molecule has 0 aliphatic heterocycles. The fraction of sp³-hybridized carbons (Fsp3) is 0.310. The van der Waals surface area contributed by atoms with Gasteiger partial charge in [-0.15, -0.1) is 0 Å². The molecule has 0 atom stereocenters. The van der Waals surface area contributed by atoms with E-state index in [1.54, 1.807) is 52.0 Å². The van der Waals surface area contributed by atoms with Crippen LogP contribution in [0.3, 0.4) is 0 Å². The molecule has 0 saturated heterocycles. The molecule has 0 bridgehead atoms. The standard InChI is InChI=1S/C29H30B4FN3O3/c1-16(2)28(30,31)37(29(32,33)17(3)4)25-13-8-19(23-15-20(34)9-12-22(23)26(38)39)14-24(25)36-27(40)35-21-10-6-18(5)7-11-21/h6-17H,1-5H3,(H,38,39)(H2,35,36,40). The summed E-state index contributed by atoms with van der Waals surface area (Å²) in [4.78, 5) is 26.5. The third-order valence-corrected chi connectivity index (χ3v) is 6.94. The summed E-state index contributed by atoms with van der Waals surface area (Å²) < 4.78 is 14.2. The van der Waals surface area contributed by atoms with E-state index in [2.05, 4.69) is 10.6 Å². The van der Waals surface area contributed by atoms with Gasteiger partial charge in [0, 0.05) is 5.69 Å². The van der Waals surface area contributed by atoms with Crippen LogP contribution in [0.25, 0.3) is 11.1 Å². The SMILES string of the molecule is [B]C([B])(C(C)C)N(c1ccc(-c2cc(F)ccc2C(=O)O)cc1NC(=O)Nc1ccc(C)cc1)C([B])([B])C(C)C. The van der Waals surface area contributed by atoms with Crippen molar-refractivity contribution in [3.63, 3.8) is 0 Å². The molecule has 11 heteroatoms. The van der Waals surface area contributed by atoms with E-state index in [1.165, 1.54) is 17.0 Å². The van der Waals surface area contributed by atoms with E-state index in [4.69, 9.17) is 31.4 Å². The van der Waals surface area contributed by atoms with Gasteiger partial charge in [0.1, 0.15) is 5.82 Å². The van der Waals surface area contributed by atoms with Crippen molar-refractivity contribution in [2.45, 2.75) is 45.3 Å². The second-order valence-electron chi connectivity index (χ2n) is 10.6. The van der Waals surface area contributed by atoms with Gasteiger partial charge < -0.3 is 20.6 Å². The maximum atomic E-state index is 14.2. The highest BCUT2D eigenvalue weighted by atomic mass is 19.1. The number of nitrogens with zero attached hydrogens (tertiary/aromatic N) is 1. The molecular formula is C29H30B4FN3O3. The smallest absolute Gasteiger partial charge is 0.336 e. The number of carbonyl (C=O) groups is 2. The van der Waals surface area contributed by atoms with E-state index in [-0.39, 0.29) is 34.3 Å². The number of carbonyl (C=O) groups excluding carboxylic acids is 1. The zero-order chi connectivity index (χ0) is 30.0. The normalized spacial score (nSPS) is 11.9. The van der Waals surface area contributed by atoms with Gasteiger partial charge in [-0.2, -0.15) is 0 Å². The summed E-state index contributed by atoms with van der Waals surface area (Å²) in [7, 11) is 26.5. The fourth-order valence-electron chi connectivity index (χ4n) is 4.13. The number of rotatable bonds is 9. The van der Waals surface area contributed by atoms with Crippen LogP contribution in [0.15, 0.2) is 60.7 Å². The Bertz CT molecular complexity index is 1380. The molecule has 0 unspecified atom stereocenters. The molecule has 198 valence electrons. The van der Waals surface area contributed by atoms with Crippen molar-refractivity contribution in [2.75, 3.05) is 15.5 Å². The summed E-state index contributed by atoms with van der Waals surface area (Å²) in [5.74, 6) is -2.57. The first-order valence-corrected chi connectivity index (χ1v) is 12.8. The number of anilines is 3. The van der Waals surface area contributed by atoms with Gasteiger partial charge in [-0.1, -0.05) is 51.5 Å². The molecule has 3 aromatic carbocycles. The zero-order valence-corrected chi connectivity index (χ0v) is 23.3. The second kappa shape index (κ2) is 11.9. The Morgan fingerprint density at radius 2 is 1.43 bits per heavy atom. The van der Waals surface area contributed by atoms with Crippen molar-refractivity contribution in [1.82, 2.24) is 0 Å². The van der Waals surface area contributed by atoms with Crippen LogP contribution in [0.4, 0.5) is 26.2 Å². The number of halogens is 1. The number of aryl methyl sites for hydroxylation is 1. The lowest BCUT2D eigenvalue weighted by molar-refractivity contribution is 0.0697. The molecule has 3 rings (SSSR count). The van der Waals surface area contributed by atoms with Crippen molar-refractivity contribution in [3.8, 4) is 11.1 Å². The molecule has 0 aliphatic carbocycles. The van der Waals surface area contributed by atoms with Crippen LogP contribution < -0.4 is 15.5 Å². The van der Waals surface area contributed by atoms with Gasteiger partial charge in [-0.3, -0.25) is 0 Å². The lowest BCUT2D eigenvalue weighted by Gasteiger charge is -2.57. The Kier molecular flexibility index (Phi) is 9.17. The number of hydrogen-bond acceptors (Lipinski definition) is 3. The Labute approximate surface area is 240 Å². The Hall–Kier alpha value is -3.61. The molecule has 0 spiro atoms.